The van der Waals surface area contributed by atoms with Crippen molar-refractivity contribution in [2.45, 2.75) is 13.3 Å². The van der Waals surface area contributed by atoms with Gasteiger partial charge in [0, 0.05) is 18.1 Å². The first-order valence-corrected chi connectivity index (χ1v) is 4.30. The minimum absolute atomic E-state index is 0.746. The summed E-state index contributed by atoms with van der Waals surface area (Å²) in [5.41, 5.74) is 2.14. The van der Waals surface area contributed by atoms with Crippen LogP contribution in [-0.4, -0.2) is 9.38 Å². The summed E-state index contributed by atoms with van der Waals surface area (Å²) in [7, 11) is 0. The molecule has 0 unspecified atom stereocenters. The smallest absolute Gasteiger partial charge is 0.136 e. The van der Waals surface area contributed by atoms with Crippen LogP contribution in [0.4, 0.5) is 0 Å². The van der Waals surface area contributed by atoms with Gasteiger partial charge in [-0.1, -0.05) is 18.5 Å². The summed E-state index contributed by atoms with van der Waals surface area (Å²) in [4.78, 5) is 4.23. The molecule has 0 amide bonds. The van der Waals surface area contributed by atoms with Crippen LogP contribution in [0.2, 0.25) is 5.02 Å². The van der Waals surface area contributed by atoms with Gasteiger partial charge in [-0.2, -0.15) is 0 Å². The number of fused-ring (bicyclic) bond motifs is 1. The van der Waals surface area contributed by atoms with Crippen molar-refractivity contribution in [2.24, 2.45) is 0 Å². The second kappa shape index (κ2) is 2.79. The van der Waals surface area contributed by atoms with Crippen molar-refractivity contribution in [3.8, 4) is 0 Å². The first-order valence-electron chi connectivity index (χ1n) is 3.92. The summed E-state index contributed by atoms with van der Waals surface area (Å²) in [5.74, 6) is 0. The summed E-state index contributed by atoms with van der Waals surface area (Å²) in [6.07, 6.45) is 4.75. The summed E-state index contributed by atoms with van der Waals surface area (Å²) in [6.45, 7) is 2.10. The number of nitrogens with zero attached hydrogens (tertiary/aromatic N) is 2. The predicted molar refractivity (Wildman–Crippen MR) is 49.6 cm³/mol. The van der Waals surface area contributed by atoms with E-state index in [-0.39, 0.29) is 0 Å². The molecule has 0 spiro atoms. The number of rotatable bonds is 1. The van der Waals surface area contributed by atoms with Crippen LogP contribution in [0.1, 0.15) is 12.6 Å². The van der Waals surface area contributed by atoms with Gasteiger partial charge >= 0.3 is 0 Å². The lowest BCUT2D eigenvalue weighted by Crippen LogP contribution is -1.89. The van der Waals surface area contributed by atoms with E-state index in [1.54, 1.807) is 0 Å². The Morgan fingerprint density at radius 2 is 2.33 bits per heavy atom. The molecule has 2 heterocycles. The van der Waals surface area contributed by atoms with E-state index in [0.29, 0.717) is 0 Å². The van der Waals surface area contributed by atoms with Gasteiger partial charge in [0.1, 0.15) is 5.65 Å². The van der Waals surface area contributed by atoms with Crippen LogP contribution in [0.15, 0.2) is 24.5 Å². The molecule has 2 aromatic heterocycles. The van der Waals surface area contributed by atoms with Crippen molar-refractivity contribution in [3.63, 3.8) is 0 Å². The summed E-state index contributed by atoms with van der Waals surface area (Å²) in [5, 5.41) is 0.746. The molecule has 62 valence electrons. The zero-order valence-electron chi connectivity index (χ0n) is 6.79. The van der Waals surface area contributed by atoms with E-state index in [1.165, 1.54) is 5.69 Å². The lowest BCUT2D eigenvalue weighted by atomic mass is 10.3. The molecule has 0 fully saturated rings. The molecule has 0 aliphatic rings. The molecular weight excluding hydrogens is 172 g/mol. The molecule has 12 heavy (non-hydrogen) atoms. The Balaban J connectivity index is 2.75. The van der Waals surface area contributed by atoms with Crippen LogP contribution < -0.4 is 0 Å². The van der Waals surface area contributed by atoms with Crippen molar-refractivity contribution in [1.82, 2.24) is 9.38 Å². The van der Waals surface area contributed by atoms with E-state index < -0.39 is 0 Å². The van der Waals surface area contributed by atoms with Crippen LogP contribution in [0, 0.1) is 0 Å². The highest BCUT2D eigenvalue weighted by Gasteiger charge is 1.99. The molecule has 3 heteroatoms. The number of halogens is 1. The quantitative estimate of drug-likeness (QED) is 0.660. The fourth-order valence-electron chi connectivity index (χ4n) is 1.27. The van der Waals surface area contributed by atoms with Gasteiger partial charge in [0.25, 0.3) is 0 Å². The van der Waals surface area contributed by atoms with Gasteiger partial charge in [-0.15, -0.1) is 0 Å². The number of aryl methyl sites for hydroxylation is 1. The third-order valence-corrected chi connectivity index (χ3v) is 2.13. The number of imidazole rings is 1. The summed E-state index contributed by atoms with van der Waals surface area (Å²) in [6, 6.07) is 3.77. The molecule has 0 radical (unpaired) electrons. The van der Waals surface area contributed by atoms with Gasteiger partial charge in [-0.05, 0) is 18.6 Å². The molecule has 0 atom stereocenters. The zero-order valence-corrected chi connectivity index (χ0v) is 7.54. The molecule has 2 rings (SSSR count). The number of aromatic nitrogens is 2. The van der Waals surface area contributed by atoms with E-state index in [1.807, 2.05) is 28.9 Å². The van der Waals surface area contributed by atoms with Gasteiger partial charge < -0.3 is 4.40 Å². The normalized spacial score (nSPS) is 10.8. The maximum Gasteiger partial charge on any atom is 0.136 e. The lowest BCUT2D eigenvalue weighted by molar-refractivity contribution is 0.995. The fourth-order valence-corrected chi connectivity index (χ4v) is 1.43. The first kappa shape index (κ1) is 7.62. The molecule has 0 bridgehead atoms. The fraction of sp³-hybridized carbons (Fsp3) is 0.222. The number of pyridine rings is 1. The van der Waals surface area contributed by atoms with Crippen LogP contribution in [0.5, 0.6) is 0 Å². The lowest BCUT2D eigenvalue weighted by Gasteiger charge is -1.97. The third kappa shape index (κ3) is 1.08. The SMILES string of the molecule is CCc1cnc2ccc(Cl)cn12. The van der Waals surface area contributed by atoms with Gasteiger partial charge in [0.05, 0.1) is 5.02 Å². The van der Waals surface area contributed by atoms with E-state index >= 15 is 0 Å². The van der Waals surface area contributed by atoms with E-state index in [0.717, 1.165) is 17.1 Å². The van der Waals surface area contributed by atoms with Crippen LogP contribution in [-0.2, 0) is 6.42 Å². The van der Waals surface area contributed by atoms with Gasteiger partial charge in [0.15, 0.2) is 0 Å². The maximum atomic E-state index is 5.86. The molecule has 2 aromatic rings. The third-order valence-electron chi connectivity index (χ3n) is 1.91. The van der Waals surface area contributed by atoms with E-state index in [2.05, 4.69) is 11.9 Å². The van der Waals surface area contributed by atoms with Crippen molar-refractivity contribution < 1.29 is 0 Å². The first-order chi connectivity index (χ1) is 5.81. The van der Waals surface area contributed by atoms with Crippen LogP contribution >= 0.6 is 11.6 Å². The Morgan fingerprint density at radius 1 is 1.50 bits per heavy atom. The van der Waals surface area contributed by atoms with Crippen LogP contribution in [0.25, 0.3) is 5.65 Å². The van der Waals surface area contributed by atoms with E-state index in [9.17, 15) is 0 Å². The molecule has 0 N–H and O–H groups in total. The minimum atomic E-state index is 0.746. The summed E-state index contributed by atoms with van der Waals surface area (Å²) >= 11 is 5.86. The van der Waals surface area contributed by atoms with Crippen LogP contribution in [0.3, 0.4) is 0 Å². The van der Waals surface area contributed by atoms with Crippen molar-refractivity contribution in [2.75, 3.05) is 0 Å². The largest absolute Gasteiger partial charge is 0.303 e. The average molecular weight is 181 g/mol. The second-order valence-electron chi connectivity index (χ2n) is 2.68. The molecule has 0 saturated heterocycles. The Labute approximate surface area is 75.8 Å². The van der Waals surface area contributed by atoms with Gasteiger partial charge in [-0.3, -0.25) is 0 Å². The molecule has 0 aromatic carbocycles. The van der Waals surface area contributed by atoms with E-state index in [4.69, 9.17) is 11.6 Å². The zero-order chi connectivity index (χ0) is 8.55. The molecule has 0 aliphatic carbocycles. The molecule has 2 nitrogen and oxygen atoms in total. The molecule has 0 saturated carbocycles. The van der Waals surface area contributed by atoms with Crippen molar-refractivity contribution in [1.29, 1.82) is 0 Å². The standard InChI is InChI=1S/C9H9ClN2/c1-2-8-5-11-9-4-3-7(10)6-12(8)9/h3-6H,2H2,1H3. The minimum Gasteiger partial charge on any atom is -0.303 e. The number of hydrogen-bond donors (Lipinski definition) is 0. The Bertz CT molecular complexity index is 406. The highest BCUT2D eigenvalue weighted by molar-refractivity contribution is 6.30. The topological polar surface area (TPSA) is 17.3 Å². The summed E-state index contributed by atoms with van der Waals surface area (Å²) < 4.78 is 2.02. The van der Waals surface area contributed by atoms with Gasteiger partial charge in [-0.25, -0.2) is 4.98 Å². The Hall–Kier alpha value is -1.02. The maximum absolute atomic E-state index is 5.86. The predicted octanol–water partition coefficient (Wildman–Crippen LogP) is 2.55. The molecule has 0 aliphatic heterocycles. The van der Waals surface area contributed by atoms with Crippen molar-refractivity contribution >= 4 is 17.2 Å². The van der Waals surface area contributed by atoms with Gasteiger partial charge in [0.2, 0.25) is 0 Å². The Kier molecular flexibility index (Phi) is 1.77. The highest BCUT2D eigenvalue weighted by atomic mass is 35.5. The monoisotopic (exact) mass is 180 g/mol. The second-order valence-corrected chi connectivity index (χ2v) is 3.12. The van der Waals surface area contributed by atoms with Crippen molar-refractivity contribution in [3.05, 3.63) is 35.2 Å². The average Bonchev–Trinajstić information content (AvgIpc) is 2.46. The number of hydrogen-bond acceptors (Lipinski definition) is 1. The molecular formula is C9H9ClN2. The highest BCUT2D eigenvalue weighted by Crippen LogP contribution is 2.12. The Morgan fingerprint density at radius 3 is 3.08 bits per heavy atom.